The van der Waals surface area contributed by atoms with Crippen molar-refractivity contribution >= 4 is 34.9 Å². The van der Waals surface area contributed by atoms with Gasteiger partial charge >= 0.3 is 0 Å². The smallest absolute Gasteiger partial charge is 0.228 e. The lowest BCUT2D eigenvalue weighted by molar-refractivity contribution is -0.119. The van der Waals surface area contributed by atoms with Crippen LogP contribution in [-0.2, 0) is 4.79 Å². The Labute approximate surface area is 112 Å². The standard InChI is InChI=1S/C12H16N4O.ClH/c1-7-3-4-10(11-9(7)6-14-16-11)15-12(17)8(2)5-13;/h3-4,6,8H,5,13H2,1-2H3,(H,14,16)(H,15,17);1H. The molecule has 2 rings (SSSR count). The van der Waals surface area contributed by atoms with Gasteiger partial charge in [0.25, 0.3) is 0 Å². The van der Waals surface area contributed by atoms with Gasteiger partial charge in [0.2, 0.25) is 5.91 Å². The molecule has 18 heavy (non-hydrogen) atoms. The summed E-state index contributed by atoms with van der Waals surface area (Å²) in [6, 6.07) is 3.83. The molecule has 1 aromatic carbocycles. The van der Waals surface area contributed by atoms with Crippen LogP contribution >= 0.6 is 12.4 Å². The average molecular weight is 269 g/mol. The first kappa shape index (κ1) is 14.5. The van der Waals surface area contributed by atoms with E-state index in [2.05, 4.69) is 15.5 Å². The van der Waals surface area contributed by atoms with Crippen molar-refractivity contribution in [2.45, 2.75) is 13.8 Å². The Bertz CT molecular complexity index is 552. The van der Waals surface area contributed by atoms with Crippen molar-refractivity contribution in [1.82, 2.24) is 10.2 Å². The van der Waals surface area contributed by atoms with E-state index in [1.54, 1.807) is 13.1 Å². The molecule has 1 amide bonds. The Hall–Kier alpha value is -1.59. The molecule has 2 aromatic rings. The number of nitrogens with two attached hydrogens (primary N) is 1. The van der Waals surface area contributed by atoms with E-state index in [9.17, 15) is 4.79 Å². The summed E-state index contributed by atoms with van der Waals surface area (Å²) >= 11 is 0. The van der Waals surface area contributed by atoms with Gasteiger partial charge in [-0.15, -0.1) is 12.4 Å². The number of carbonyl (C=O) groups is 1. The zero-order valence-corrected chi connectivity index (χ0v) is 11.2. The highest BCUT2D eigenvalue weighted by molar-refractivity contribution is 6.01. The monoisotopic (exact) mass is 268 g/mol. The number of aromatic amines is 1. The third-order valence-electron chi connectivity index (χ3n) is 2.89. The molecule has 0 saturated carbocycles. The van der Waals surface area contributed by atoms with E-state index in [1.165, 1.54) is 0 Å². The number of hydrogen-bond donors (Lipinski definition) is 3. The van der Waals surface area contributed by atoms with Gasteiger partial charge in [0.15, 0.2) is 0 Å². The second kappa shape index (κ2) is 5.84. The lowest BCUT2D eigenvalue weighted by Crippen LogP contribution is -2.26. The zero-order valence-electron chi connectivity index (χ0n) is 10.4. The van der Waals surface area contributed by atoms with Crippen LogP contribution in [0.3, 0.4) is 0 Å². The fourth-order valence-electron chi connectivity index (χ4n) is 1.64. The molecule has 5 nitrogen and oxygen atoms in total. The van der Waals surface area contributed by atoms with Gasteiger partial charge < -0.3 is 11.1 Å². The molecule has 0 aliphatic rings. The molecular formula is C12H17ClN4O. The molecular weight excluding hydrogens is 252 g/mol. The fourth-order valence-corrected chi connectivity index (χ4v) is 1.64. The van der Waals surface area contributed by atoms with Crippen LogP contribution < -0.4 is 11.1 Å². The molecule has 0 radical (unpaired) electrons. The Morgan fingerprint density at radius 1 is 1.56 bits per heavy atom. The number of aromatic nitrogens is 2. The van der Waals surface area contributed by atoms with Gasteiger partial charge in [-0.25, -0.2) is 0 Å². The van der Waals surface area contributed by atoms with Crippen LogP contribution in [-0.4, -0.2) is 22.6 Å². The number of amides is 1. The fraction of sp³-hybridized carbons (Fsp3) is 0.333. The normalized spacial score (nSPS) is 11.9. The summed E-state index contributed by atoms with van der Waals surface area (Å²) in [6.45, 7) is 4.14. The van der Waals surface area contributed by atoms with E-state index in [0.717, 1.165) is 22.2 Å². The Morgan fingerprint density at radius 2 is 2.28 bits per heavy atom. The first-order valence-electron chi connectivity index (χ1n) is 5.57. The molecule has 0 aliphatic carbocycles. The molecule has 0 bridgehead atoms. The third kappa shape index (κ3) is 2.63. The van der Waals surface area contributed by atoms with Gasteiger partial charge in [0, 0.05) is 17.8 Å². The second-order valence-electron chi connectivity index (χ2n) is 4.21. The summed E-state index contributed by atoms with van der Waals surface area (Å²) in [5.41, 5.74) is 8.18. The summed E-state index contributed by atoms with van der Waals surface area (Å²) in [6.07, 6.45) is 1.76. The van der Waals surface area contributed by atoms with Crippen molar-refractivity contribution in [3.63, 3.8) is 0 Å². The zero-order chi connectivity index (χ0) is 12.4. The van der Waals surface area contributed by atoms with Crippen molar-refractivity contribution in [2.24, 2.45) is 11.7 Å². The summed E-state index contributed by atoms with van der Waals surface area (Å²) in [7, 11) is 0. The predicted molar refractivity (Wildman–Crippen MR) is 74.9 cm³/mol. The van der Waals surface area contributed by atoms with Crippen LogP contribution in [0.1, 0.15) is 12.5 Å². The largest absolute Gasteiger partial charge is 0.330 e. The number of carbonyl (C=O) groups excluding carboxylic acids is 1. The second-order valence-corrected chi connectivity index (χ2v) is 4.21. The number of H-pyrrole nitrogens is 1. The average Bonchev–Trinajstić information content (AvgIpc) is 2.81. The highest BCUT2D eigenvalue weighted by Gasteiger charge is 2.13. The Morgan fingerprint density at radius 3 is 2.94 bits per heavy atom. The van der Waals surface area contributed by atoms with Crippen molar-refractivity contribution in [3.8, 4) is 0 Å². The molecule has 1 atom stereocenters. The highest BCUT2D eigenvalue weighted by Crippen LogP contribution is 2.24. The third-order valence-corrected chi connectivity index (χ3v) is 2.89. The minimum absolute atomic E-state index is 0. The van der Waals surface area contributed by atoms with Crippen molar-refractivity contribution < 1.29 is 4.79 Å². The number of benzene rings is 1. The number of halogens is 1. The molecule has 0 spiro atoms. The minimum atomic E-state index is -0.200. The molecule has 0 fully saturated rings. The molecule has 0 saturated heterocycles. The summed E-state index contributed by atoms with van der Waals surface area (Å²) in [5.74, 6) is -0.276. The maximum absolute atomic E-state index is 11.8. The van der Waals surface area contributed by atoms with Gasteiger partial charge in [-0.1, -0.05) is 13.0 Å². The number of rotatable bonds is 3. The quantitative estimate of drug-likeness (QED) is 0.794. The number of aryl methyl sites for hydroxylation is 1. The van der Waals surface area contributed by atoms with Crippen LogP contribution in [0.25, 0.3) is 10.9 Å². The lowest BCUT2D eigenvalue weighted by atomic mass is 10.1. The number of nitrogens with one attached hydrogen (secondary N) is 2. The van der Waals surface area contributed by atoms with E-state index >= 15 is 0 Å². The Balaban J connectivity index is 0.00000162. The van der Waals surface area contributed by atoms with E-state index in [0.29, 0.717) is 6.54 Å². The van der Waals surface area contributed by atoms with Crippen molar-refractivity contribution in [3.05, 3.63) is 23.9 Å². The highest BCUT2D eigenvalue weighted by atomic mass is 35.5. The first-order valence-corrected chi connectivity index (χ1v) is 5.57. The van der Waals surface area contributed by atoms with Gasteiger partial charge in [-0.3, -0.25) is 9.89 Å². The van der Waals surface area contributed by atoms with Crippen LogP contribution in [0.4, 0.5) is 5.69 Å². The van der Waals surface area contributed by atoms with Gasteiger partial charge in [0.1, 0.15) is 0 Å². The van der Waals surface area contributed by atoms with Crippen LogP contribution in [0.15, 0.2) is 18.3 Å². The molecule has 6 heteroatoms. The van der Waals surface area contributed by atoms with Gasteiger partial charge in [0.05, 0.1) is 17.4 Å². The molecule has 1 unspecified atom stereocenters. The number of fused-ring (bicyclic) bond motifs is 1. The van der Waals surface area contributed by atoms with E-state index < -0.39 is 0 Å². The van der Waals surface area contributed by atoms with Crippen molar-refractivity contribution in [2.75, 3.05) is 11.9 Å². The summed E-state index contributed by atoms with van der Waals surface area (Å²) < 4.78 is 0. The predicted octanol–water partition coefficient (Wildman–Crippen LogP) is 1.83. The maximum atomic E-state index is 11.8. The van der Waals surface area contributed by atoms with E-state index in [-0.39, 0.29) is 24.2 Å². The molecule has 0 aliphatic heterocycles. The SMILES string of the molecule is Cc1ccc(NC(=O)C(C)CN)c2[nH]ncc12.Cl. The van der Waals surface area contributed by atoms with Crippen LogP contribution in [0.5, 0.6) is 0 Å². The lowest BCUT2D eigenvalue weighted by Gasteiger charge is -2.11. The minimum Gasteiger partial charge on any atom is -0.330 e. The Kier molecular flexibility index (Phi) is 4.69. The molecule has 98 valence electrons. The first-order chi connectivity index (χ1) is 8.13. The number of anilines is 1. The van der Waals surface area contributed by atoms with Crippen LogP contribution in [0, 0.1) is 12.8 Å². The van der Waals surface area contributed by atoms with Gasteiger partial charge in [-0.05, 0) is 18.6 Å². The summed E-state index contributed by atoms with van der Waals surface area (Å²) in [4.78, 5) is 11.8. The topological polar surface area (TPSA) is 83.8 Å². The van der Waals surface area contributed by atoms with E-state index in [4.69, 9.17) is 5.73 Å². The van der Waals surface area contributed by atoms with Crippen LogP contribution in [0.2, 0.25) is 0 Å². The maximum Gasteiger partial charge on any atom is 0.228 e. The summed E-state index contributed by atoms with van der Waals surface area (Å²) in [5, 5.41) is 10.8. The van der Waals surface area contributed by atoms with Gasteiger partial charge in [-0.2, -0.15) is 5.10 Å². The van der Waals surface area contributed by atoms with E-state index in [1.807, 2.05) is 19.1 Å². The molecule has 4 N–H and O–H groups in total. The number of nitrogens with zero attached hydrogens (tertiary/aromatic N) is 1. The molecule has 1 heterocycles. The number of hydrogen-bond acceptors (Lipinski definition) is 3. The van der Waals surface area contributed by atoms with Crippen molar-refractivity contribution in [1.29, 1.82) is 0 Å². The molecule has 1 aromatic heterocycles.